The second-order valence-electron chi connectivity index (χ2n) is 7.82. The van der Waals surface area contributed by atoms with E-state index in [4.69, 9.17) is 4.74 Å². The number of carbonyl (C=O) groups excluding carboxylic acids is 1. The first kappa shape index (κ1) is 19.1. The topological polar surface area (TPSA) is 44.8 Å². The molecule has 3 aliphatic heterocycles. The normalized spacial score (nSPS) is 27.8. The molecule has 3 atom stereocenters. The summed E-state index contributed by atoms with van der Waals surface area (Å²) in [5.74, 6) is -1.25. The van der Waals surface area contributed by atoms with E-state index in [1.807, 2.05) is 6.20 Å². The van der Waals surface area contributed by atoms with Crippen LogP contribution in [0.3, 0.4) is 0 Å². The van der Waals surface area contributed by atoms with Gasteiger partial charge in [-0.15, -0.1) is 0 Å². The summed E-state index contributed by atoms with van der Waals surface area (Å²) in [5, 5.41) is 2.88. The summed E-state index contributed by atoms with van der Waals surface area (Å²) >= 11 is 0. The molecular weight excluding hydrogens is 364 g/mol. The number of amides is 1. The maximum Gasteiger partial charge on any atom is 0.217 e. The molecule has 1 fully saturated rings. The van der Waals surface area contributed by atoms with E-state index in [2.05, 4.69) is 21.7 Å². The van der Waals surface area contributed by atoms with Gasteiger partial charge in [0.05, 0.1) is 12.6 Å². The SMILES string of the molecule is C=CN1CC2=C(C1)CN([C@H]1CO[C@H](c3cc(F)ccc3F)[C@@H](NC(C)=O)C1)C2. The van der Waals surface area contributed by atoms with E-state index < -0.39 is 23.8 Å². The summed E-state index contributed by atoms with van der Waals surface area (Å²) in [6, 6.07) is 3.05. The highest BCUT2D eigenvalue weighted by molar-refractivity contribution is 5.73. The minimum Gasteiger partial charge on any atom is -0.370 e. The number of ether oxygens (including phenoxy) is 1. The van der Waals surface area contributed by atoms with E-state index in [9.17, 15) is 13.6 Å². The molecule has 1 aromatic rings. The molecule has 0 aromatic heterocycles. The maximum absolute atomic E-state index is 14.3. The number of hydrogen-bond acceptors (Lipinski definition) is 4. The van der Waals surface area contributed by atoms with Crippen LogP contribution in [0.1, 0.15) is 25.0 Å². The Morgan fingerprint density at radius 1 is 1.25 bits per heavy atom. The summed E-state index contributed by atoms with van der Waals surface area (Å²) in [7, 11) is 0. The van der Waals surface area contributed by atoms with E-state index in [0.717, 1.165) is 44.4 Å². The number of halogens is 2. The van der Waals surface area contributed by atoms with Gasteiger partial charge < -0.3 is 15.0 Å². The molecule has 1 aromatic carbocycles. The van der Waals surface area contributed by atoms with Crippen molar-refractivity contribution in [2.45, 2.75) is 31.5 Å². The Morgan fingerprint density at radius 3 is 2.61 bits per heavy atom. The van der Waals surface area contributed by atoms with Crippen molar-refractivity contribution in [3.05, 3.63) is 59.3 Å². The zero-order valence-electron chi connectivity index (χ0n) is 16.0. The van der Waals surface area contributed by atoms with E-state index in [0.29, 0.717) is 13.0 Å². The second-order valence-corrected chi connectivity index (χ2v) is 7.82. The van der Waals surface area contributed by atoms with Gasteiger partial charge in [0.2, 0.25) is 5.91 Å². The lowest BCUT2D eigenvalue weighted by Crippen LogP contribution is -2.52. The second kappa shape index (κ2) is 7.64. The number of carbonyl (C=O) groups is 1. The Hall–Kier alpha value is -2.25. The van der Waals surface area contributed by atoms with Gasteiger partial charge in [-0.3, -0.25) is 9.69 Å². The van der Waals surface area contributed by atoms with Crippen molar-refractivity contribution in [3.63, 3.8) is 0 Å². The minimum atomic E-state index is -0.700. The number of rotatable bonds is 4. The van der Waals surface area contributed by atoms with Gasteiger partial charge in [-0.25, -0.2) is 8.78 Å². The van der Waals surface area contributed by atoms with E-state index in [-0.39, 0.29) is 17.5 Å². The lowest BCUT2D eigenvalue weighted by Gasteiger charge is -2.41. The lowest BCUT2D eigenvalue weighted by molar-refractivity contribution is -0.123. The molecule has 0 radical (unpaired) electrons. The highest BCUT2D eigenvalue weighted by Gasteiger charge is 2.39. The van der Waals surface area contributed by atoms with E-state index in [1.54, 1.807) is 0 Å². The van der Waals surface area contributed by atoms with Gasteiger partial charge in [0.1, 0.15) is 17.7 Å². The van der Waals surface area contributed by atoms with Crippen LogP contribution in [-0.4, -0.2) is 60.6 Å². The molecule has 5 nitrogen and oxygen atoms in total. The third-order valence-corrected chi connectivity index (χ3v) is 5.86. The van der Waals surface area contributed by atoms with Crippen molar-refractivity contribution in [2.75, 3.05) is 32.8 Å². The average Bonchev–Trinajstić information content (AvgIpc) is 3.22. The molecule has 28 heavy (non-hydrogen) atoms. The Labute approximate surface area is 163 Å². The van der Waals surface area contributed by atoms with Crippen LogP contribution in [0.15, 0.2) is 42.1 Å². The third-order valence-electron chi connectivity index (χ3n) is 5.86. The monoisotopic (exact) mass is 389 g/mol. The summed E-state index contributed by atoms with van der Waals surface area (Å²) in [5.41, 5.74) is 3.00. The minimum absolute atomic E-state index is 0.118. The van der Waals surface area contributed by atoms with Crippen LogP contribution in [0.2, 0.25) is 0 Å². The molecule has 3 heterocycles. The maximum atomic E-state index is 14.3. The summed E-state index contributed by atoms with van der Waals surface area (Å²) in [4.78, 5) is 16.3. The number of nitrogens with zero attached hydrogens (tertiary/aromatic N) is 2. The van der Waals surface area contributed by atoms with Gasteiger partial charge in [0.15, 0.2) is 0 Å². The summed E-state index contributed by atoms with van der Waals surface area (Å²) < 4.78 is 34.0. The average molecular weight is 389 g/mol. The zero-order valence-corrected chi connectivity index (χ0v) is 16.0. The first-order valence-electron chi connectivity index (χ1n) is 9.58. The number of benzene rings is 1. The Bertz CT molecular complexity index is 808. The summed E-state index contributed by atoms with van der Waals surface area (Å²) in [6.45, 7) is 9.26. The van der Waals surface area contributed by atoms with Crippen LogP contribution < -0.4 is 5.32 Å². The Morgan fingerprint density at radius 2 is 1.96 bits per heavy atom. The van der Waals surface area contributed by atoms with Crippen LogP contribution in [0.25, 0.3) is 0 Å². The van der Waals surface area contributed by atoms with Crippen molar-refractivity contribution >= 4 is 5.91 Å². The molecule has 0 bridgehead atoms. The molecule has 1 N–H and O–H groups in total. The third kappa shape index (κ3) is 3.69. The Balaban J connectivity index is 1.47. The van der Waals surface area contributed by atoms with Crippen LogP contribution in [0, 0.1) is 11.6 Å². The molecule has 7 heteroatoms. The van der Waals surface area contributed by atoms with Gasteiger partial charge in [0.25, 0.3) is 0 Å². The van der Waals surface area contributed by atoms with Gasteiger partial charge >= 0.3 is 0 Å². The highest BCUT2D eigenvalue weighted by atomic mass is 19.1. The Kier molecular flexibility index (Phi) is 5.21. The number of hydrogen-bond donors (Lipinski definition) is 1. The zero-order chi connectivity index (χ0) is 19.8. The standard InChI is InChI=1S/C21H25F2N3O2/c1-3-25-8-14-10-26(11-15(14)9-25)17-7-20(24-13(2)27)21(28-12-17)18-6-16(22)4-5-19(18)23/h3-6,17,20-21H,1,7-12H2,2H3,(H,24,27)/t17-,20+,21-/m1/s1. The molecule has 4 rings (SSSR count). The van der Waals surface area contributed by atoms with E-state index in [1.165, 1.54) is 18.1 Å². The van der Waals surface area contributed by atoms with Crippen LogP contribution >= 0.6 is 0 Å². The first-order valence-corrected chi connectivity index (χ1v) is 9.58. The molecule has 0 aliphatic carbocycles. The lowest BCUT2D eigenvalue weighted by atomic mass is 9.92. The van der Waals surface area contributed by atoms with Crippen molar-refractivity contribution in [2.24, 2.45) is 0 Å². The molecule has 1 amide bonds. The van der Waals surface area contributed by atoms with Gasteiger partial charge in [-0.2, -0.15) is 0 Å². The quantitative estimate of drug-likeness (QED) is 0.804. The van der Waals surface area contributed by atoms with Gasteiger partial charge in [-0.05, 0) is 42.0 Å². The van der Waals surface area contributed by atoms with Crippen molar-refractivity contribution in [1.29, 1.82) is 0 Å². The smallest absolute Gasteiger partial charge is 0.217 e. The molecule has 0 spiro atoms. The fourth-order valence-corrected chi connectivity index (χ4v) is 4.53. The fourth-order valence-electron chi connectivity index (χ4n) is 4.53. The van der Waals surface area contributed by atoms with Gasteiger partial charge in [0, 0.05) is 44.7 Å². The van der Waals surface area contributed by atoms with Crippen molar-refractivity contribution in [1.82, 2.24) is 15.1 Å². The predicted molar refractivity (Wildman–Crippen MR) is 101 cm³/mol. The number of nitrogens with one attached hydrogen (secondary N) is 1. The fraction of sp³-hybridized carbons (Fsp3) is 0.476. The van der Waals surface area contributed by atoms with Crippen LogP contribution in [0.4, 0.5) is 8.78 Å². The summed E-state index contributed by atoms with van der Waals surface area (Å²) in [6.07, 6.45) is 1.80. The molecule has 0 saturated carbocycles. The largest absolute Gasteiger partial charge is 0.370 e. The van der Waals surface area contributed by atoms with Crippen LogP contribution in [0.5, 0.6) is 0 Å². The van der Waals surface area contributed by atoms with E-state index >= 15 is 0 Å². The van der Waals surface area contributed by atoms with Crippen LogP contribution in [-0.2, 0) is 9.53 Å². The molecule has 1 saturated heterocycles. The first-order chi connectivity index (χ1) is 13.4. The highest BCUT2D eigenvalue weighted by Crippen LogP contribution is 2.35. The van der Waals surface area contributed by atoms with Crippen molar-refractivity contribution in [3.8, 4) is 0 Å². The molecule has 3 aliphatic rings. The van der Waals surface area contributed by atoms with Gasteiger partial charge in [-0.1, -0.05) is 6.58 Å². The van der Waals surface area contributed by atoms with Crippen molar-refractivity contribution < 1.29 is 18.3 Å². The molecular formula is C21H25F2N3O2. The predicted octanol–water partition coefficient (Wildman–Crippen LogP) is 2.37. The molecule has 0 unspecified atom stereocenters. The molecule has 150 valence electrons.